The number of thiophene rings is 1. The van der Waals surface area contributed by atoms with Gasteiger partial charge in [-0.05, 0) is 47.1 Å². The lowest BCUT2D eigenvalue weighted by atomic mass is 10.2. The van der Waals surface area contributed by atoms with E-state index in [0.29, 0.717) is 39.6 Å². The zero-order chi connectivity index (χ0) is 21.7. The molecule has 0 saturated heterocycles. The summed E-state index contributed by atoms with van der Waals surface area (Å²) in [6, 6.07) is 0.130. The minimum absolute atomic E-state index is 0.0493. The highest BCUT2D eigenvalue weighted by atomic mass is 32.1. The first-order valence-electron chi connectivity index (χ1n) is 9.87. The van der Waals surface area contributed by atoms with Crippen LogP contribution in [0.4, 0.5) is 0 Å². The number of hydrogen-bond donors (Lipinski definition) is 2. The molecular weight excluding hydrogens is 394 g/mol. The second kappa shape index (κ2) is 10.3. The third-order valence-corrected chi connectivity index (χ3v) is 5.63. The molecule has 2 rings (SSSR count). The molecule has 8 nitrogen and oxygen atoms in total. The summed E-state index contributed by atoms with van der Waals surface area (Å²) in [5, 5.41) is 10.7. The number of esters is 1. The molecule has 0 spiro atoms. The summed E-state index contributed by atoms with van der Waals surface area (Å²) in [6.07, 6.45) is -0.595. The van der Waals surface area contributed by atoms with Gasteiger partial charge in [0, 0.05) is 12.6 Å². The molecule has 0 unspecified atom stereocenters. The number of aromatic nitrogens is 2. The smallest absolute Gasteiger partial charge is 0.348 e. The van der Waals surface area contributed by atoms with Gasteiger partial charge in [-0.3, -0.25) is 9.69 Å². The standard InChI is InChI=1S/C20H31N3O5S/c1-7-27-20(26)17-13(6)16-18(25)21-15(22-19(16)29-17)9-23(11(2)3)8-14(24)10-28-12(4)5/h11-12,14,24H,7-10H2,1-6H3,(H,21,22,25)/t14-/m1/s1. The van der Waals surface area contributed by atoms with E-state index in [9.17, 15) is 14.7 Å². The highest BCUT2D eigenvalue weighted by Gasteiger charge is 2.22. The van der Waals surface area contributed by atoms with Gasteiger partial charge in [0.05, 0.1) is 37.4 Å². The van der Waals surface area contributed by atoms with Crippen LogP contribution in [0.3, 0.4) is 0 Å². The Hall–Kier alpha value is -1.81. The third kappa shape index (κ3) is 6.08. The Morgan fingerprint density at radius 3 is 2.59 bits per heavy atom. The Labute approximate surface area is 174 Å². The molecule has 1 atom stereocenters. The monoisotopic (exact) mass is 425 g/mol. The zero-order valence-electron chi connectivity index (χ0n) is 17.9. The van der Waals surface area contributed by atoms with E-state index < -0.39 is 12.1 Å². The molecule has 0 saturated carbocycles. The molecule has 0 bridgehead atoms. The molecule has 2 aromatic rings. The van der Waals surface area contributed by atoms with Crippen molar-refractivity contribution in [2.24, 2.45) is 0 Å². The fourth-order valence-corrected chi connectivity index (χ4v) is 4.03. The van der Waals surface area contributed by atoms with Crippen molar-refractivity contribution in [2.75, 3.05) is 19.8 Å². The maximum Gasteiger partial charge on any atom is 0.348 e. The van der Waals surface area contributed by atoms with Crippen LogP contribution < -0.4 is 5.56 Å². The maximum absolute atomic E-state index is 12.6. The van der Waals surface area contributed by atoms with Crippen LogP contribution in [-0.4, -0.2) is 64.0 Å². The first-order valence-corrected chi connectivity index (χ1v) is 10.7. The van der Waals surface area contributed by atoms with Crippen LogP contribution in [0.1, 0.15) is 55.7 Å². The number of hydrogen-bond acceptors (Lipinski definition) is 8. The van der Waals surface area contributed by atoms with Gasteiger partial charge in [0.1, 0.15) is 15.5 Å². The number of aliphatic hydroxyl groups is 1. The van der Waals surface area contributed by atoms with Crippen LogP contribution in [0.15, 0.2) is 4.79 Å². The zero-order valence-corrected chi connectivity index (χ0v) is 18.8. The highest BCUT2D eigenvalue weighted by Crippen LogP contribution is 2.27. The molecule has 29 heavy (non-hydrogen) atoms. The van der Waals surface area contributed by atoms with Gasteiger partial charge in [-0.25, -0.2) is 9.78 Å². The van der Waals surface area contributed by atoms with Gasteiger partial charge in [0.25, 0.3) is 5.56 Å². The number of carbonyl (C=O) groups excluding carboxylic acids is 1. The van der Waals surface area contributed by atoms with Gasteiger partial charge in [-0.15, -0.1) is 11.3 Å². The minimum Gasteiger partial charge on any atom is -0.462 e. The second-order valence-electron chi connectivity index (χ2n) is 7.53. The summed E-state index contributed by atoms with van der Waals surface area (Å²) < 4.78 is 10.5. The molecule has 0 aliphatic carbocycles. The Bertz CT molecular complexity index is 890. The fraction of sp³-hybridized carbons (Fsp3) is 0.650. The Morgan fingerprint density at radius 1 is 1.31 bits per heavy atom. The molecule has 9 heteroatoms. The molecule has 2 aromatic heterocycles. The largest absolute Gasteiger partial charge is 0.462 e. The molecule has 0 fully saturated rings. The lowest BCUT2D eigenvalue weighted by Crippen LogP contribution is -2.39. The highest BCUT2D eigenvalue weighted by molar-refractivity contribution is 7.20. The van der Waals surface area contributed by atoms with Gasteiger partial charge in [0.2, 0.25) is 0 Å². The molecule has 0 aliphatic heterocycles. The Morgan fingerprint density at radius 2 is 2.00 bits per heavy atom. The molecule has 2 N–H and O–H groups in total. The summed E-state index contributed by atoms with van der Waals surface area (Å²) in [5.74, 6) is 0.0517. The van der Waals surface area contributed by atoms with E-state index in [4.69, 9.17) is 9.47 Å². The molecule has 0 amide bonds. The van der Waals surface area contributed by atoms with Crippen molar-refractivity contribution >= 4 is 27.5 Å². The average Bonchev–Trinajstić information content (AvgIpc) is 2.96. The predicted molar refractivity (Wildman–Crippen MR) is 114 cm³/mol. The SMILES string of the molecule is CCOC(=O)c1sc2nc(CN(C[C@@H](O)COC(C)C)C(C)C)[nH]c(=O)c2c1C. The number of aryl methyl sites for hydroxylation is 1. The van der Waals surface area contributed by atoms with E-state index in [1.807, 2.05) is 32.6 Å². The van der Waals surface area contributed by atoms with E-state index in [0.717, 1.165) is 0 Å². The number of rotatable bonds is 10. The van der Waals surface area contributed by atoms with E-state index in [1.165, 1.54) is 11.3 Å². The predicted octanol–water partition coefficient (Wildman–Crippen LogP) is 2.47. The average molecular weight is 426 g/mol. The number of fused-ring (bicyclic) bond motifs is 1. The van der Waals surface area contributed by atoms with Gasteiger partial charge in [-0.2, -0.15) is 0 Å². The lowest BCUT2D eigenvalue weighted by Gasteiger charge is -2.28. The summed E-state index contributed by atoms with van der Waals surface area (Å²) in [5.41, 5.74) is 0.312. The van der Waals surface area contributed by atoms with Crippen molar-refractivity contribution in [1.82, 2.24) is 14.9 Å². The van der Waals surface area contributed by atoms with Crippen LogP contribution in [-0.2, 0) is 16.0 Å². The van der Waals surface area contributed by atoms with E-state index in [-0.39, 0.29) is 30.9 Å². The van der Waals surface area contributed by atoms with Crippen molar-refractivity contribution in [3.63, 3.8) is 0 Å². The Balaban J connectivity index is 2.25. The lowest BCUT2D eigenvalue weighted by molar-refractivity contribution is -0.0140. The summed E-state index contributed by atoms with van der Waals surface area (Å²) in [4.78, 5) is 35.1. The van der Waals surface area contributed by atoms with Crippen LogP contribution in [0.5, 0.6) is 0 Å². The number of ether oxygens (including phenoxy) is 2. The van der Waals surface area contributed by atoms with Gasteiger partial charge >= 0.3 is 5.97 Å². The summed E-state index contributed by atoms with van der Waals surface area (Å²) in [6.45, 7) is 12.6. The van der Waals surface area contributed by atoms with Crippen molar-refractivity contribution in [3.05, 3.63) is 26.6 Å². The van der Waals surface area contributed by atoms with Gasteiger partial charge in [0.15, 0.2) is 0 Å². The maximum atomic E-state index is 12.6. The van der Waals surface area contributed by atoms with Crippen LogP contribution in [0.2, 0.25) is 0 Å². The molecule has 0 aliphatic rings. The van der Waals surface area contributed by atoms with Crippen LogP contribution in [0, 0.1) is 6.92 Å². The van der Waals surface area contributed by atoms with Crippen LogP contribution in [0.25, 0.3) is 10.2 Å². The first-order chi connectivity index (χ1) is 13.6. The molecule has 0 aromatic carbocycles. The normalized spacial score (nSPS) is 13.0. The number of H-pyrrole nitrogens is 1. The number of nitrogens with zero attached hydrogens (tertiary/aromatic N) is 2. The van der Waals surface area contributed by atoms with Crippen molar-refractivity contribution in [2.45, 2.75) is 66.3 Å². The third-order valence-electron chi connectivity index (χ3n) is 4.46. The van der Waals surface area contributed by atoms with E-state index in [1.54, 1.807) is 13.8 Å². The fourth-order valence-electron chi connectivity index (χ4n) is 2.93. The topological polar surface area (TPSA) is 105 Å². The number of nitrogens with one attached hydrogen (secondary N) is 1. The quantitative estimate of drug-likeness (QED) is 0.563. The second-order valence-corrected chi connectivity index (χ2v) is 8.53. The molecule has 162 valence electrons. The number of aromatic amines is 1. The van der Waals surface area contributed by atoms with Crippen molar-refractivity contribution in [3.8, 4) is 0 Å². The van der Waals surface area contributed by atoms with Crippen molar-refractivity contribution < 1.29 is 19.4 Å². The number of carbonyl (C=O) groups is 1. The number of aliphatic hydroxyl groups excluding tert-OH is 1. The van der Waals surface area contributed by atoms with E-state index in [2.05, 4.69) is 9.97 Å². The summed E-state index contributed by atoms with van der Waals surface area (Å²) >= 11 is 1.17. The van der Waals surface area contributed by atoms with Crippen molar-refractivity contribution in [1.29, 1.82) is 0 Å². The molecule has 0 radical (unpaired) electrons. The van der Waals surface area contributed by atoms with Crippen LogP contribution >= 0.6 is 11.3 Å². The van der Waals surface area contributed by atoms with Gasteiger partial charge < -0.3 is 19.6 Å². The minimum atomic E-state index is -0.644. The first kappa shape index (κ1) is 23.5. The summed E-state index contributed by atoms with van der Waals surface area (Å²) in [7, 11) is 0. The molecule has 2 heterocycles. The Kier molecular flexibility index (Phi) is 8.33. The molecular formula is C20H31N3O5S. The van der Waals surface area contributed by atoms with Gasteiger partial charge in [-0.1, -0.05) is 0 Å². The van der Waals surface area contributed by atoms with E-state index >= 15 is 0 Å².